The summed E-state index contributed by atoms with van der Waals surface area (Å²) in [6, 6.07) is 6.16. The molecule has 0 fully saturated rings. The predicted octanol–water partition coefficient (Wildman–Crippen LogP) is 3.38. The van der Waals surface area contributed by atoms with E-state index in [1.807, 2.05) is 0 Å². The van der Waals surface area contributed by atoms with Crippen LogP contribution in [0.5, 0.6) is 0 Å². The van der Waals surface area contributed by atoms with Gasteiger partial charge in [-0.15, -0.1) is 0 Å². The fourth-order valence-corrected chi connectivity index (χ4v) is 1.38. The van der Waals surface area contributed by atoms with Gasteiger partial charge in [0.05, 0.1) is 5.69 Å². The van der Waals surface area contributed by atoms with Crippen molar-refractivity contribution in [1.29, 1.82) is 0 Å². The number of nitrogens with zero attached hydrogens (tertiary/aromatic N) is 1. The highest BCUT2D eigenvalue weighted by atomic mass is 79.9. The van der Waals surface area contributed by atoms with Crippen molar-refractivity contribution < 1.29 is 8.81 Å². The molecule has 2 aromatic rings. The summed E-state index contributed by atoms with van der Waals surface area (Å²) >= 11 is 3.26. The van der Waals surface area contributed by atoms with Crippen LogP contribution in [-0.4, -0.2) is 4.98 Å². The minimum Gasteiger partial charge on any atom is -0.444 e. The van der Waals surface area contributed by atoms with Crippen LogP contribution in [0.2, 0.25) is 0 Å². The maximum absolute atomic E-state index is 12.9. The molecular formula is C10H7BrFNO. The first kappa shape index (κ1) is 9.40. The number of hydrogen-bond acceptors (Lipinski definition) is 2. The average molecular weight is 256 g/mol. The fourth-order valence-electron chi connectivity index (χ4n) is 1.12. The molecule has 0 spiro atoms. The largest absolute Gasteiger partial charge is 0.444 e. The minimum atomic E-state index is -0.291. The van der Waals surface area contributed by atoms with Gasteiger partial charge >= 0.3 is 0 Å². The summed E-state index contributed by atoms with van der Waals surface area (Å²) in [7, 11) is 0. The van der Waals surface area contributed by atoms with Gasteiger partial charge in [-0.25, -0.2) is 9.37 Å². The highest BCUT2D eigenvalue weighted by Gasteiger charge is 2.05. The van der Waals surface area contributed by atoms with E-state index in [2.05, 4.69) is 20.9 Å². The number of hydrogen-bond donors (Lipinski definition) is 0. The van der Waals surface area contributed by atoms with E-state index < -0.39 is 0 Å². The molecule has 0 unspecified atom stereocenters. The molecular weight excluding hydrogens is 249 g/mol. The molecule has 2 nitrogen and oxygen atoms in total. The lowest BCUT2D eigenvalue weighted by Crippen LogP contribution is -1.81. The van der Waals surface area contributed by atoms with Crippen LogP contribution in [0.3, 0.4) is 0 Å². The maximum Gasteiger partial charge on any atom is 0.226 e. The topological polar surface area (TPSA) is 26.0 Å². The Morgan fingerprint density at radius 3 is 2.93 bits per heavy atom. The van der Waals surface area contributed by atoms with E-state index in [9.17, 15) is 4.39 Å². The van der Waals surface area contributed by atoms with E-state index in [1.165, 1.54) is 12.1 Å². The van der Waals surface area contributed by atoms with Gasteiger partial charge in [0, 0.05) is 10.9 Å². The molecule has 0 saturated carbocycles. The molecule has 1 aromatic heterocycles. The highest BCUT2D eigenvalue weighted by Crippen LogP contribution is 2.19. The van der Waals surface area contributed by atoms with Crippen LogP contribution in [0.15, 0.2) is 34.9 Å². The predicted molar refractivity (Wildman–Crippen MR) is 54.5 cm³/mol. The Bertz CT molecular complexity index is 441. The summed E-state index contributed by atoms with van der Waals surface area (Å²) in [5.74, 6) is 0.153. The van der Waals surface area contributed by atoms with Crippen molar-refractivity contribution in [2.75, 3.05) is 0 Å². The Morgan fingerprint density at radius 2 is 2.29 bits per heavy atom. The fraction of sp³-hybridized carbons (Fsp3) is 0.100. The van der Waals surface area contributed by atoms with Crippen molar-refractivity contribution in [2.45, 2.75) is 5.33 Å². The SMILES string of the molecule is Fc1cccc(-c2nc(CBr)co2)c1. The monoisotopic (exact) mass is 255 g/mol. The average Bonchev–Trinajstić information content (AvgIpc) is 2.66. The number of oxazole rings is 1. The van der Waals surface area contributed by atoms with Crippen LogP contribution in [-0.2, 0) is 5.33 Å². The van der Waals surface area contributed by atoms with Crippen LogP contribution < -0.4 is 0 Å². The summed E-state index contributed by atoms with van der Waals surface area (Å²) in [6.07, 6.45) is 1.55. The van der Waals surface area contributed by atoms with E-state index in [0.29, 0.717) is 16.8 Å². The number of alkyl halides is 1. The van der Waals surface area contributed by atoms with Crippen molar-refractivity contribution in [3.8, 4) is 11.5 Å². The third-order valence-electron chi connectivity index (χ3n) is 1.76. The van der Waals surface area contributed by atoms with Gasteiger partial charge in [-0.1, -0.05) is 22.0 Å². The summed E-state index contributed by atoms with van der Waals surface area (Å²) in [6.45, 7) is 0. The molecule has 0 atom stereocenters. The molecule has 1 heterocycles. The summed E-state index contributed by atoms with van der Waals surface area (Å²) in [4.78, 5) is 4.16. The van der Waals surface area contributed by atoms with Crippen molar-refractivity contribution in [3.63, 3.8) is 0 Å². The molecule has 0 saturated heterocycles. The number of rotatable bonds is 2. The van der Waals surface area contributed by atoms with Gasteiger partial charge in [0.15, 0.2) is 0 Å². The molecule has 0 aliphatic rings. The van der Waals surface area contributed by atoms with Crippen LogP contribution >= 0.6 is 15.9 Å². The van der Waals surface area contributed by atoms with Crippen LogP contribution in [0, 0.1) is 5.82 Å². The Labute approximate surface area is 88.9 Å². The Kier molecular flexibility index (Phi) is 2.63. The molecule has 0 aliphatic heterocycles. The highest BCUT2D eigenvalue weighted by molar-refractivity contribution is 9.08. The second kappa shape index (κ2) is 3.92. The lowest BCUT2D eigenvalue weighted by molar-refractivity contribution is 0.571. The molecule has 4 heteroatoms. The minimum absolute atomic E-state index is 0.291. The first-order valence-corrected chi connectivity index (χ1v) is 5.18. The first-order chi connectivity index (χ1) is 6.79. The quantitative estimate of drug-likeness (QED) is 0.770. The molecule has 2 rings (SSSR count). The molecule has 0 N–H and O–H groups in total. The van der Waals surface area contributed by atoms with Gasteiger partial charge < -0.3 is 4.42 Å². The van der Waals surface area contributed by atoms with E-state index in [0.717, 1.165) is 5.69 Å². The zero-order chi connectivity index (χ0) is 9.97. The normalized spacial score (nSPS) is 10.4. The maximum atomic E-state index is 12.9. The number of benzene rings is 1. The number of aromatic nitrogens is 1. The first-order valence-electron chi connectivity index (χ1n) is 4.06. The van der Waals surface area contributed by atoms with Gasteiger partial charge in [-0.3, -0.25) is 0 Å². The van der Waals surface area contributed by atoms with E-state index in [-0.39, 0.29) is 5.82 Å². The van der Waals surface area contributed by atoms with Crippen molar-refractivity contribution in [2.24, 2.45) is 0 Å². The van der Waals surface area contributed by atoms with Crippen LogP contribution in [0.4, 0.5) is 4.39 Å². The zero-order valence-electron chi connectivity index (χ0n) is 7.21. The van der Waals surface area contributed by atoms with Crippen molar-refractivity contribution in [1.82, 2.24) is 4.98 Å². The third kappa shape index (κ3) is 1.85. The molecule has 1 aromatic carbocycles. The van der Waals surface area contributed by atoms with Gasteiger partial charge in [-0.05, 0) is 18.2 Å². The molecule has 0 amide bonds. The van der Waals surface area contributed by atoms with Gasteiger partial charge in [0.1, 0.15) is 12.1 Å². The van der Waals surface area contributed by atoms with Crippen LogP contribution in [0.1, 0.15) is 5.69 Å². The van der Waals surface area contributed by atoms with E-state index >= 15 is 0 Å². The third-order valence-corrected chi connectivity index (χ3v) is 2.33. The summed E-state index contributed by atoms with van der Waals surface area (Å²) in [5, 5.41) is 0.631. The Balaban J connectivity index is 2.39. The second-order valence-corrected chi connectivity index (χ2v) is 3.35. The molecule has 0 aliphatic carbocycles. The zero-order valence-corrected chi connectivity index (χ0v) is 8.79. The Morgan fingerprint density at radius 1 is 1.43 bits per heavy atom. The summed E-state index contributed by atoms with van der Waals surface area (Å²) in [5.41, 5.74) is 1.45. The van der Waals surface area contributed by atoms with Crippen LogP contribution in [0.25, 0.3) is 11.5 Å². The summed E-state index contributed by atoms with van der Waals surface area (Å²) < 4.78 is 18.1. The van der Waals surface area contributed by atoms with Crippen molar-refractivity contribution in [3.05, 3.63) is 42.0 Å². The lowest BCUT2D eigenvalue weighted by Gasteiger charge is -1.93. The standard InChI is InChI=1S/C10H7BrFNO/c11-5-9-6-14-10(13-9)7-2-1-3-8(12)4-7/h1-4,6H,5H2. The molecule has 14 heavy (non-hydrogen) atoms. The van der Waals surface area contributed by atoms with E-state index in [4.69, 9.17) is 4.42 Å². The van der Waals surface area contributed by atoms with Gasteiger partial charge in [0.25, 0.3) is 0 Å². The molecule has 0 bridgehead atoms. The van der Waals surface area contributed by atoms with Gasteiger partial charge in [0.2, 0.25) is 5.89 Å². The Hall–Kier alpha value is -1.16. The van der Waals surface area contributed by atoms with Gasteiger partial charge in [-0.2, -0.15) is 0 Å². The molecule has 0 radical (unpaired) electrons. The lowest BCUT2D eigenvalue weighted by atomic mass is 10.2. The van der Waals surface area contributed by atoms with E-state index in [1.54, 1.807) is 18.4 Å². The smallest absolute Gasteiger partial charge is 0.226 e. The number of halogens is 2. The second-order valence-electron chi connectivity index (χ2n) is 2.79. The molecule has 72 valence electrons. The van der Waals surface area contributed by atoms with Crippen molar-refractivity contribution >= 4 is 15.9 Å².